The highest BCUT2D eigenvalue weighted by Gasteiger charge is 2.29. The standard InChI is InChI=1S/C20H21N5O3/c1-13(25-23-17(22-24-25)14-7-5-4-6-8-14)18(26)21-16-11-9-15(10-12-16)20(2,3)19(27)28/h4-13H,1-3H3,(H,21,26)(H,27,28). The number of nitrogens with zero attached hydrogens (tertiary/aromatic N) is 4. The minimum absolute atomic E-state index is 0.303. The first-order valence-electron chi connectivity index (χ1n) is 8.79. The molecule has 0 fully saturated rings. The molecule has 1 heterocycles. The monoisotopic (exact) mass is 379 g/mol. The van der Waals surface area contributed by atoms with E-state index in [9.17, 15) is 14.7 Å². The van der Waals surface area contributed by atoms with E-state index in [-0.39, 0.29) is 5.91 Å². The van der Waals surface area contributed by atoms with Crippen molar-refractivity contribution < 1.29 is 14.7 Å². The Morgan fingerprint density at radius 2 is 1.71 bits per heavy atom. The first-order chi connectivity index (χ1) is 13.3. The van der Waals surface area contributed by atoms with E-state index in [1.807, 2.05) is 30.3 Å². The lowest BCUT2D eigenvalue weighted by molar-refractivity contribution is -0.142. The van der Waals surface area contributed by atoms with Crippen molar-refractivity contribution in [1.29, 1.82) is 0 Å². The minimum atomic E-state index is -1.01. The maximum Gasteiger partial charge on any atom is 0.313 e. The van der Waals surface area contributed by atoms with Gasteiger partial charge in [0.25, 0.3) is 5.91 Å². The molecule has 1 atom stereocenters. The van der Waals surface area contributed by atoms with E-state index in [2.05, 4.69) is 20.7 Å². The van der Waals surface area contributed by atoms with E-state index in [4.69, 9.17) is 0 Å². The van der Waals surface area contributed by atoms with Gasteiger partial charge in [-0.3, -0.25) is 9.59 Å². The minimum Gasteiger partial charge on any atom is -0.481 e. The van der Waals surface area contributed by atoms with Crippen LogP contribution in [0.2, 0.25) is 0 Å². The number of anilines is 1. The predicted molar refractivity (Wildman–Crippen MR) is 104 cm³/mol. The Labute approximate surface area is 162 Å². The zero-order chi connectivity index (χ0) is 20.3. The summed E-state index contributed by atoms with van der Waals surface area (Å²) in [6.45, 7) is 4.94. The highest BCUT2D eigenvalue weighted by Crippen LogP contribution is 2.25. The number of carboxylic acids is 1. The lowest BCUT2D eigenvalue weighted by atomic mass is 9.85. The number of tetrazole rings is 1. The summed E-state index contributed by atoms with van der Waals surface area (Å²) >= 11 is 0. The van der Waals surface area contributed by atoms with Crippen LogP contribution in [0.1, 0.15) is 32.4 Å². The molecule has 8 heteroatoms. The Kier molecular flexibility index (Phi) is 5.21. The first-order valence-corrected chi connectivity index (χ1v) is 8.79. The molecule has 28 heavy (non-hydrogen) atoms. The van der Waals surface area contributed by atoms with E-state index < -0.39 is 17.4 Å². The Bertz CT molecular complexity index is 981. The Hall–Kier alpha value is -3.55. The summed E-state index contributed by atoms with van der Waals surface area (Å²) in [5.74, 6) is -0.771. The number of amides is 1. The molecule has 2 N–H and O–H groups in total. The SMILES string of the molecule is CC(C(=O)Nc1ccc(C(C)(C)C(=O)O)cc1)n1nnc(-c2ccccc2)n1. The van der Waals surface area contributed by atoms with Crippen molar-refractivity contribution >= 4 is 17.6 Å². The molecule has 1 unspecified atom stereocenters. The molecule has 0 saturated carbocycles. The zero-order valence-corrected chi connectivity index (χ0v) is 15.8. The van der Waals surface area contributed by atoms with E-state index in [1.54, 1.807) is 45.0 Å². The van der Waals surface area contributed by atoms with E-state index in [0.29, 0.717) is 17.1 Å². The van der Waals surface area contributed by atoms with Gasteiger partial charge in [-0.05, 0) is 43.7 Å². The third-order valence-electron chi connectivity index (χ3n) is 4.59. The molecule has 3 aromatic rings. The fraction of sp³-hybridized carbons (Fsp3) is 0.250. The van der Waals surface area contributed by atoms with Crippen molar-refractivity contribution in [2.75, 3.05) is 5.32 Å². The van der Waals surface area contributed by atoms with Gasteiger partial charge in [-0.15, -0.1) is 10.2 Å². The average Bonchev–Trinajstić information content (AvgIpc) is 3.18. The summed E-state index contributed by atoms with van der Waals surface area (Å²) in [5, 5.41) is 24.3. The Morgan fingerprint density at radius 3 is 2.32 bits per heavy atom. The molecule has 0 aliphatic heterocycles. The largest absolute Gasteiger partial charge is 0.481 e. The van der Waals surface area contributed by atoms with Gasteiger partial charge in [0, 0.05) is 11.3 Å². The second kappa shape index (κ2) is 7.59. The van der Waals surface area contributed by atoms with E-state index >= 15 is 0 Å². The zero-order valence-electron chi connectivity index (χ0n) is 15.8. The maximum atomic E-state index is 12.5. The van der Waals surface area contributed by atoms with Crippen LogP contribution in [0.15, 0.2) is 54.6 Å². The number of aliphatic carboxylic acids is 1. The lowest BCUT2D eigenvalue weighted by Gasteiger charge is -2.20. The molecule has 0 radical (unpaired) electrons. The van der Waals surface area contributed by atoms with Crippen LogP contribution in [-0.4, -0.2) is 37.2 Å². The molecule has 1 aromatic heterocycles. The molecule has 0 aliphatic carbocycles. The van der Waals surface area contributed by atoms with Gasteiger partial charge in [0.05, 0.1) is 5.41 Å². The summed E-state index contributed by atoms with van der Waals surface area (Å²) in [7, 11) is 0. The van der Waals surface area contributed by atoms with Crippen molar-refractivity contribution in [3.05, 3.63) is 60.2 Å². The van der Waals surface area contributed by atoms with E-state index in [1.165, 1.54) is 4.80 Å². The van der Waals surface area contributed by atoms with Crippen molar-refractivity contribution in [2.45, 2.75) is 32.2 Å². The number of nitrogens with one attached hydrogen (secondary N) is 1. The van der Waals surface area contributed by atoms with Gasteiger partial charge in [0.1, 0.15) is 6.04 Å². The number of carbonyl (C=O) groups is 2. The molecule has 1 amide bonds. The van der Waals surface area contributed by atoms with Gasteiger partial charge in [-0.1, -0.05) is 42.5 Å². The van der Waals surface area contributed by atoms with Crippen LogP contribution in [0, 0.1) is 0 Å². The summed E-state index contributed by atoms with van der Waals surface area (Å²) in [5.41, 5.74) is 1.02. The van der Waals surface area contributed by atoms with Gasteiger partial charge >= 0.3 is 5.97 Å². The highest BCUT2D eigenvalue weighted by atomic mass is 16.4. The summed E-state index contributed by atoms with van der Waals surface area (Å²) < 4.78 is 0. The molecule has 2 aromatic carbocycles. The van der Waals surface area contributed by atoms with Crippen LogP contribution in [0.25, 0.3) is 11.4 Å². The Morgan fingerprint density at radius 1 is 1.07 bits per heavy atom. The third kappa shape index (κ3) is 3.90. The van der Waals surface area contributed by atoms with Gasteiger partial charge in [0.2, 0.25) is 5.82 Å². The van der Waals surface area contributed by atoms with E-state index in [0.717, 1.165) is 5.56 Å². The molecular weight excluding hydrogens is 358 g/mol. The number of benzene rings is 2. The van der Waals surface area contributed by atoms with Crippen LogP contribution >= 0.6 is 0 Å². The highest BCUT2D eigenvalue weighted by molar-refractivity contribution is 5.93. The molecular formula is C20H21N5O3. The summed E-state index contributed by atoms with van der Waals surface area (Å²) in [4.78, 5) is 25.1. The number of carboxylic acid groups (broad SMARTS) is 1. The number of carbonyl (C=O) groups excluding carboxylic acids is 1. The van der Waals surface area contributed by atoms with Crippen molar-refractivity contribution in [3.63, 3.8) is 0 Å². The van der Waals surface area contributed by atoms with Crippen molar-refractivity contribution in [1.82, 2.24) is 20.2 Å². The number of hydrogen-bond acceptors (Lipinski definition) is 5. The summed E-state index contributed by atoms with van der Waals surface area (Å²) in [6, 6.07) is 15.4. The lowest BCUT2D eigenvalue weighted by Crippen LogP contribution is -2.28. The number of rotatable bonds is 6. The quantitative estimate of drug-likeness (QED) is 0.681. The molecule has 0 aliphatic rings. The normalized spacial score (nSPS) is 12.4. The molecule has 144 valence electrons. The fourth-order valence-corrected chi connectivity index (χ4v) is 2.54. The smallest absolute Gasteiger partial charge is 0.313 e. The fourth-order valence-electron chi connectivity index (χ4n) is 2.54. The van der Waals surface area contributed by atoms with Gasteiger partial charge in [-0.2, -0.15) is 4.80 Å². The molecule has 3 rings (SSSR count). The van der Waals surface area contributed by atoms with Crippen LogP contribution in [0.3, 0.4) is 0 Å². The topological polar surface area (TPSA) is 110 Å². The Balaban J connectivity index is 1.69. The first kappa shape index (κ1) is 19.2. The predicted octanol–water partition coefficient (Wildman–Crippen LogP) is 2.90. The number of hydrogen-bond donors (Lipinski definition) is 2. The molecule has 0 saturated heterocycles. The van der Waals surface area contributed by atoms with Crippen LogP contribution in [0.4, 0.5) is 5.69 Å². The maximum absolute atomic E-state index is 12.5. The van der Waals surface area contributed by atoms with Crippen LogP contribution in [0.5, 0.6) is 0 Å². The van der Waals surface area contributed by atoms with Crippen LogP contribution in [-0.2, 0) is 15.0 Å². The van der Waals surface area contributed by atoms with Gasteiger partial charge < -0.3 is 10.4 Å². The molecule has 8 nitrogen and oxygen atoms in total. The van der Waals surface area contributed by atoms with Gasteiger partial charge in [0.15, 0.2) is 0 Å². The van der Waals surface area contributed by atoms with Crippen molar-refractivity contribution in [2.24, 2.45) is 0 Å². The molecule has 0 bridgehead atoms. The third-order valence-corrected chi connectivity index (χ3v) is 4.59. The summed E-state index contributed by atoms with van der Waals surface area (Å²) in [6.07, 6.45) is 0. The average molecular weight is 379 g/mol. The molecule has 0 spiro atoms. The second-order valence-electron chi connectivity index (χ2n) is 6.97. The van der Waals surface area contributed by atoms with Crippen LogP contribution < -0.4 is 5.32 Å². The van der Waals surface area contributed by atoms with Crippen molar-refractivity contribution in [3.8, 4) is 11.4 Å². The second-order valence-corrected chi connectivity index (χ2v) is 6.97. The van der Waals surface area contributed by atoms with Gasteiger partial charge in [-0.25, -0.2) is 0 Å². The number of aromatic nitrogens is 4.